The van der Waals surface area contributed by atoms with Gasteiger partial charge >= 0.3 is 0 Å². The van der Waals surface area contributed by atoms with Gasteiger partial charge in [-0.25, -0.2) is 4.39 Å². The van der Waals surface area contributed by atoms with Crippen LogP contribution in [0.5, 0.6) is 0 Å². The maximum absolute atomic E-state index is 13.3. The Kier molecular flexibility index (Phi) is 8.98. The molecule has 0 unspecified atom stereocenters. The molecule has 152 valence electrons. The van der Waals surface area contributed by atoms with E-state index in [9.17, 15) is 9.18 Å². The normalized spacial score (nSPS) is 16.4. The summed E-state index contributed by atoms with van der Waals surface area (Å²) < 4.78 is 13.3. The van der Waals surface area contributed by atoms with E-state index in [-0.39, 0.29) is 53.2 Å². The topological polar surface area (TPSA) is 65.5 Å². The van der Waals surface area contributed by atoms with Crippen molar-refractivity contribution in [3.8, 4) is 0 Å². The Hall–Kier alpha value is -1.38. The summed E-state index contributed by atoms with van der Waals surface area (Å²) in [4.78, 5) is 16.2. The molecule has 1 amide bonds. The van der Waals surface area contributed by atoms with Gasteiger partial charge in [-0.05, 0) is 51.3 Å². The van der Waals surface area contributed by atoms with Crippen LogP contribution in [-0.4, -0.2) is 37.5 Å². The standard InChI is InChI=1S/C20H31FN4O.HI/c1-19(2,3)25-17(26)13-23-18(22-4)24-14-20(11-5-6-12-20)15-7-9-16(21)10-8-15;/h7-10H,5-6,11-14H2,1-4H3,(H,25,26)(H2,22,23,24);1H. The van der Waals surface area contributed by atoms with Crippen molar-refractivity contribution in [2.75, 3.05) is 20.1 Å². The summed E-state index contributed by atoms with van der Waals surface area (Å²) in [6.45, 7) is 6.72. The Balaban J connectivity index is 0.00000364. The molecule has 27 heavy (non-hydrogen) atoms. The third-order valence-electron chi connectivity index (χ3n) is 4.77. The van der Waals surface area contributed by atoms with Gasteiger partial charge in [0.15, 0.2) is 5.96 Å². The summed E-state index contributed by atoms with van der Waals surface area (Å²) >= 11 is 0. The van der Waals surface area contributed by atoms with Crippen molar-refractivity contribution in [2.24, 2.45) is 4.99 Å². The summed E-state index contributed by atoms with van der Waals surface area (Å²) in [6, 6.07) is 6.82. The number of nitrogens with one attached hydrogen (secondary N) is 3. The number of amides is 1. The lowest BCUT2D eigenvalue weighted by molar-refractivity contribution is -0.121. The lowest BCUT2D eigenvalue weighted by Crippen LogP contribution is -2.50. The predicted octanol–water partition coefficient (Wildman–Crippen LogP) is 3.34. The van der Waals surface area contributed by atoms with Crippen LogP contribution < -0.4 is 16.0 Å². The smallest absolute Gasteiger partial charge is 0.239 e. The minimum Gasteiger partial charge on any atom is -0.356 e. The summed E-state index contributed by atoms with van der Waals surface area (Å²) in [7, 11) is 1.69. The van der Waals surface area contributed by atoms with E-state index in [1.165, 1.54) is 25.0 Å². The average molecular weight is 490 g/mol. The molecule has 3 N–H and O–H groups in total. The quantitative estimate of drug-likeness (QED) is 0.337. The summed E-state index contributed by atoms with van der Waals surface area (Å²) in [6.07, 6.45) is 4.46. The van der Waals surface area contributed by atoms with Gasteiger partial charge in [0.25, 0.3) is 0 Å². The monoisotopic (exact) mass is 490 g/mol. The van der Waals surface area contributed by atoms with Gasteiger partial charge in [-0.15, -0.1) is 24.0 Å². The van der Waals surface area contributed by atoms with E-state index in [1.807, 2.05) is 32.9 Å². The third kappa shape index (κ3) is 7.27. The molecule has 1 aromatic rings. The maximum Gasteiger partial charge on any atom is 0.239 e. The first-order valence-electron chi connectivity index (χ1n) is 9.26. The molecule has 0 saturated heterocycles. The second-order valence-corrected chi connectivity index (χ2v) is 8.07. The number of rotatable bonds is 5. The van der Waals surface area contributed by atoms with Crippen LogP contribution in [0.25, 0.3) is 0 Å². The van der Waals surface area contributed by atoms with Gasteiger partial charge < -0.3 is 16.0 Å². The van der Waals surface area contributed by atoms with Gasteiger partial charge in [0.1, 0.15) is 5.82 Å². The number of carbonyl (C=O) groups is 1. The van der Waals surface area contributed by atoms with E-state index in [0.717, 1.165) is 18.4 Å². The van der Waals surface area contributed by atoms with Gasteiger partial charge in [-0.1, -0.05) is 25.0 Å². The largest absolute Gasteiger partial charge is 0.356 e. The minimum absolute atomic E-state index is 0. The highest BCUT2D eigenvalue weighted by Gasteiger charge is 2.35. The lowest BCUT2D eigenvalue weighted by atomic mass is 9.79. The second kappa shape index (κ2) is 10.2. The Morgan fingerprint density at radius 2 is 1.74 bits per heavy atom. The molecule has 7 heteroatoms. The molecule has 0 aromatic heterocycles. The van der Waals surface area contributed by atoms with Gasteiger partial charge in [0, 0.05) is 24.5 Å². The molecule has 2 rings (SSSR count). The fraction of sp³-hybridized carbons (Fsp3) is 0.600. The van der Waals surface area contributed by atoms with E-state index in [2.05, 4.69) is 20.9 Å². The summed E-state index contributed by atoms with van der Waals surface area (Å²) in [5, 5.41) is 9.32. The van der Waals surface area contributed by atoms with Gasteiger partial charge in [-0.2, -0.15) is 0 Å². The first-order valence-corrected chi connectivity index (χ1v) is 9.26. The van der Waals surface area contributed by atoms with Gasteiger partial charge in [0.2, 0.25) is 5.91 Å². The number of hydrogen-bond acceptors (Lipinski definition) is 2. The molecule has 0 spiro atoms. The van der Waals surface area contributed by atoms with E-state index < -0.39 is 0 Å². The summed E-state index contributed by atoms with van der Waals surface area (Å²) in [5.74, 6) is 0.314. The van der Waals surface area contributed by atoms with E-state index in [1.54, 1.807) is 7.05 Å². The number of halogens is 2. The number of hydrogen-bond donors (Lipinski definition) is 3. The molecular weight excluding hydrogens is 458 g/mol. The predicted molar refractivity (Wildman–Crippen MR) is 119 cm³/mol. The van der Waals surface area contributed by atoms with Crippen LogP contribution in [0, 0.1) is 5.82 Å². The van der Waals surface area contributed by atoms with Crippen molar-refractivity contribution in [1.82, 2.24) is 16.0 Å². The average Bonchev–Trinajstić information content (AvgIpc) is 3.04. The van der Waals surface area contributed by atoms with Crippen molar-refractivity contribution in [3.05, 3.63) is 35.6 Å². The highest BCUT2D eigenvalue weighted by molar-refractivity contribution is 14.0. The van der Waals surface area contributed by atoms with Crippen molar-refractivity contribution in [2.45, 2.75) is 57.4 Å². The Labute approximate surface area is 179 Å². The molecular formula is C20H32FIN4O. The Morgan fingerprint density at radius 1 is 1.15 bits per heavy atom. The third-order valence-corrected chi connectivity index (χ3v) is 4.77. The fourth-order valence-corrected chi connectivity index (χ4v) is 3.52. The molecule has 0 aliphatic heterocycles. The number of carbonyl (C=O) groups excluding carboxylic acids is 1. The number of guanidine groups is 1. The Bertz CT molecular complexity index is 634. The van der Waals surface area contributed by atoms with Crippen LogP contribution in [0.15, 0.2) is 29.3 Å². The SMILES string of the molecule is CN=C(NCC(=O)NC(C)(C)C)NCC1(c2ccc(F)cc2)CCCC1.I. The molecule has 1 fully saturated rings. The Morgan fingerprint density at radius 3 is 2.26 bits per heavy atom. The number of aliphatic imine (C=N–C) groups is 1. The minimum atomic E-state index is -0.258. The number of nitrogens with zero attached hydrogens (tertiary/aromatic N) is 1. The van der Waals surface area contributed by atoms with E-state index in [0.29, 0.717) is 12.5 Å². The molecule has 1 aromatic carbocycles. The van der Waals surface area contributed by atoms with Crippen molar-refractivity contribution >= 4 is 35.8 Å². The van der Waals surface area contributed by atoms with Crippen LogP contribution in [0.4, 0.5) is 4.39 Å². The fourth-order valence-electron chi connectivity index (χ4n) is 3.52. The van der Waals surface area contributed by atoms with E-state index >= 15 is 0 Å². The zero-order valence-corrected chi connectivity index (χ0v) is 19.0. The van der Waals surface area contributed by atoms with Crippen LogP contribution in [0.2, 0.25) is 0 Å². The van der Waals surface area contributed by atoms with Gasteiger partial charge in [-0.3, -0.25) is 9.79 Å². The van der Waals surface area contributed by atoms with Crippen LogP contribution in [0.3, 0.4) is 0 Å². The number of benzene rings is 1. The highest BCUT2D eigenvalue weighted by atomic mass is 127. The van der Waals surface area contributed by atoms with Crippen LogP contribution in [-0.2, 0) is 10.2 Å². The van der Waals surface area contributed by atoms with Crippen molar-refractivity contribution in [1.29, 1.82) is 0 Å². The molecule has 1 aliphatic rings. The van der Waals surface area contributed by atoms with Crippen molar-refractivity contribution in [3.63, 3.8) is 0 Å². The first kappa shape index (κ1) is 23.7. The van der Waals surface area contributed by atoms with Crippen LogP contribution in [0.1, 0.15) is 52.0 Å². The van der Waals surface area contributed by atoms with Gasteiger partial charge in [0.05, 0.1) is 6.54 Å². The zero-order chi connectivity index (χ0) is 19.2. The molecule has 1 aliphatic carbocycles. The molecule has 0 radical (unpaired) electrons. The van der Waals surface area contributed by atoms with Crippen molar-refractivity contribution < 1.29 is 9.18 Å². The zero-order valence-electron chi connectivity index (χ0n) is 16.7. The van der Waals surface area contributed by atoms with Crippen LogP contribution >= 0.6 is 24.0 Å². The molecule has 0 heterocycles. The second-order valence-electron chi connectivity index (χ2n) is 8.07. The summed E-state index contributed by atoms with van der Waals surface area (Å²) in [5.41, 5.74) is 0.885. The molecule has 5 nitrogen and oxygen atoms in total. The highest BCUT2D eigenvalue weighted by Crippen LogP contribution is 2.40. The lowest BCUT2D eigenvalue weighted by Gasteiger charge is -2.31. The molecule has 0 atom stereocenters. The first-order chi connectivity index (χ1) is 12.2. The maximum atomic E-state index is 13.3. The van der Waals surface area contributed by atoms with E-state index in [4.69, 9.17) is 0 Å². The molecule has 1 saturated carbocycles. The molecule has 0 bridgehead atoms.